The Labute approximate surface area is 184 Å². The van der Waals surface area contributed by atoms with Crippen molar-refractivity contribution in [3.63, 3.8) is 0 Å². The zero-order valence-electron chi connectivity index (χ0n) is 16.6. The van der Waals surface area contributed by atoms with Crippen molar-refractivity contribution in [3.8, 4) is 17.1 Å². The number of primary amides is 1. The maximum absolute atomic E-state index is 11.7. The molecule has 0 fully saturated rings. The summed E-state index contributed by atoms with van der Waals surface area (Å²) in [7, 11) is 0. The van der Waals surface area contributed by atoms with E-state index in [9.17, 15) is 9.59 Å². The number of thioether (sulfide) groups is 1. The lowest BCUT2D eigenvalue weighted by molar-refractivity contribution is -0.119. The molecule has 9 heteroatoms. The standard InChI is InChI=1S/C21H22ClN5O2S/c1-13(2)16-5-3-4-6-17(16)27-19(14-7-9-15(22)10-8-14)25-26-21(27)30-12-11-18(28)24-20(23)29/h3-10,13H,11-12H2,1-2H3,(H3,23,24,28,29). The molecule has 0 unspecified atom stereocenters. The van der Waals surface area contributed by atoms with Gasteiger partial charge in [0.05, 0.1) is 5.69 Å². The molecule has 3 N–H and O–H groups in total. The van der Waals surface area contributed by atoms with Crippen LogP contribution in [-0.2, 0) is 4.79 Å². The first kappa shape index (κ1) is 21.9. The molecule has 2 aromatic carbocycles. The third kappa shape index (κ3) is 5.20. The van der Waals surface area contributed by atoms with Crippen LogP contribution < -0.4 is 11.1 Å². The normalized spacial score (nSPS) is 10.9. The van der Waals surface area contributed by atoms with Crippen LogP contribution in [0.4, 0.5) is 4.79 Å². The van der Waals surface area contributed by atoms with Crippen LogP contribution in [-0.4, -0.2) is 32.5 Å². The van der Waals surface area contributed by atoms with Crippen molar-refractivity contribution < 1.29 is 9.59 Å². The van der Waals surface area contributed by atoms with E-state index in [0.717, 1.165) is 16.8 Å². The molecule has 156 valence electrons. The van der Waals surface area contributed by atoms with Gasteiger partial charge in [0.2, 0.25) is 5.91 Å². The maximum Gasteiger partial charge on any atom is 0.318 e. The zero-order valence-corrected chi connectivity index (χ0v) is 18.2. The average molecular weight is 444 g/mol. The second-order valence-electron chi connectivity index (χ2n) is 6.87. The van der Waals surface area contributed by atoms with Gasteiger partial charge >= 0.3 is 6.03 Å². The maximum atomic E-state index is 11.7. The highest BCUT2D eigenvalue weighted by Crippen LogP contribution is 2.32. The highest BCUT2D eigenvalue weighted by Gasteiger charge is 2.19. The Hall–Kier alpha value is -2.84. The summed E-state index contributed by atoms with van der Waals surface area (Å²) in [5, 5.41) is 12.1. The number of amides is 3. The van der Waals surface area contributed by atoms with Gasteiger partial charge in [-0.15, -0.1) is 10.2 Å². The molecule has 3 aromatic rings. The number of halogens is 1. The summed E-state index contributed by atoms with van der Waals surface area (Å²) in [5.74, 6) is 0.966. The van der Waals surface area contributed by atoms with Gasteiger partial charge in [-0.05, 0) is 41.8 Å². The van der Waals surface area contributed by atoms with E-state index >= 15 is 0 Å². The lowest BCUT2D eigenvalue weighted by Gasteiger charge is -2.17. The number of nitrogens with one attached hydrogen (secondary N) is 1. The minimum atomic E-state index is -0.857. The predicted molar refractivity (Wildman–Crippen MR) is 119 cm³/mol. The SMILES string of the molecule is CC(C)c1ccccc1-n1c(SCCC(=O)NC(N)=O)nnc1-c1ccc(Cl)cc1. The van der Waals surface area contributed by atoms with Crippen molar-refractivity contribution in [2.24, 2.45) is 5.73 Å². The third-order valence-electron chi connectivity index (χ3n) is 4.36. The summed E-state index contributed by atoms with van der Waals surface area (Å²) in [6.45, 7) is 4.26. The van der Waals surface area contributed by atoms with Gasteiger partial charge in [0.15, 0.2) is 11.0 Å². The molecule has 0 radical (unpaired) electrons. The molecule has 1 heterocycles. The Morgan fingerprint density at radius 2 is 1.83 bits per heavy atom. The van der Waals surface area contributed by atoms with Gasteiger partial charge in [0, 0.05) is 22.8 Å². The van der Waals surface area contributed by atoms with Crippen molar-refractivity contribution in [2.75, 3.05) is 5.75 Å². The number of benzene rings is 2. The Morgan fingerprint density at radius 1 is 1.13 bits per heavy atom. The molecular weight excluding hydrogens is 422 g/mol. The first-order valence-corrected chi connectivity index (χ1v) is 10.8. The molecule has 7 nitrogen and oxygen atoms in total. The van der Waals surface area contributed by atoms with Gasteiger partial charge in [0.1, 0.15) is 0 Å². The van der Waals surface area contributed by atoms with E-state index in [0.29, 0.717) is 27.7 Å². The fourth-order valence-corrected chi connectivity index (χ4v) is 3.99. The van der Waals surface area contributed by atoms with Crippen molar-refractivity contribution in [1.82, 2.24) is 20.1 Å². The molecule has 1 aromatic heterocycles. The van der Waals surface area contributed by atoms with Gasteiger partial charge in [-0.2, -0.15) is 0 Å². The van der Waals surface area contributed by atoms with E-state index in [1.54, 1.807) is 0 Å². The average Bonchev–Trinajstić information content (AvgIpc) is 3.11. The minimum absolute atomic E-state index is 0.128. The van der Waals surface area contributed by atoms with Gasteiger partial charge in [-0.1, -0.05) is 55.4 Å². The van der Waals surface area contributed by atoms with Crippen LogP contribution in [0, 0.1) is 0 Å². The largest absolute Gasteiger partial charge is 0.351 e. The van der Waals surface area contributed by atoms with Crippen molar-refractivity contribution >= 4 is 35.3 Å². The van der Waals surface area contributed by atoms with Gasteiger partial charge in [-0.25, -0.2) is 4.79 Å². The van der Waals surface area contributed by atoms with Crippen molar-refractivity contribution in [1.29, 1.82) is 0 Å². The summed E-state index contributed by atoms with van der Waals surface area (Å²) in [6, 6.07) is 14.7. The van der Waals surface area contributed by atoms with Crippen LogP contribution >= 0.6 is 23.4 Å². The molecule has 0 aliphatic heterocycles. The number of carbonyl (C=O) groups is 2. The number of aromatic nitrogens is 3. The van der Waals surface area contributed by atoms with Crippen molar-refractivity contribution in [2.45, 2.75) is 31.3 Å². The molecule has 30 heavy (non-hydrogen) atoms. The van der Waals surface area contributed by atoms with E-state index in [2.05, 4.69) is 35.4 Å². The number of nitrogens with two attached hydrogens (primary N) is 1. The van der Waals surface area contributed by atoms with E-state index in [-0.39, 0.29) is 6.42 Å². The molecule has 3 rings (SSSR count). The second-order valence-corrected chi connectivity index (χ2v) is 8.37. The molecule has 0 spiro atoms. The smallest absolute Gasteiger partial charge is 0.318 e. The molecule has 0 atom stereocenters. The summed E-state index contributed by atoms with van der Waals surface area (Å²) in [5.41, 5.74) is 8.00. The molecule has 0 bridgehead atoms. The topological polar surface area (TPSA) is 103 Å². The summed E-state index contributed by atoms with van der Waals surface area (Å²) < 4.78 is 2.00. The number of urea groups is 1. The number of hydrogen-bond acceptors (Lipinski definition) is 5. The summed E-state index contributed by atoms with van der Waals surface area (Å²) >= 11 is 7.43. The highest BCUT2D eigenvalue weighted by molar-refractivity contribution is 7.99. The fraction of sp³-hybridized carbons (Fsp3) is 0.238. The van der Waals surface area contributed by atoms with Crippen LogP contribution in [0.5, 0.6) is 0 Å². The number of para-hydroxylation sites is 1. The van der Waals surface area contributed by atoms with Gasteiger partial charge in [0.25, 0.3) is 0 Å². The molecule has 0 saturated heterocycles. The Kier molecular flexibility index (Phi) is 7.12. The lowest BCUT2D eigenvalue weighted by atomic mass is 10.0. The van der Waals surface area contributed by atoms with Crippen LogP contribution in [0.1, 0.15) is 31.7 Å². The lowest BCUT2D eigenvalue weighted by Crippen LogP contribution is -2.35. The van der Waals surface area contributed by atoms with E-state index < -0.39 is 11.9 Å². The first-order chi connectivity index (χ1) is 14.4. The van der Waals surface area contributed by atoms with Gasteiger partial charge in [-0.3, -0.25) is 14.7 Å². The molecule has 0 aliphatic carbocycles. The Bertz CT molecular complexity index is 1050. The molecule has 0 saturated carbocycles. The van der Waals surface area contributed by atoms with Gasteiger partial charge < -0.3 is 5.73 Å². The monoisotopic (exact) mass is 443 g/mol. The summed E-state index contributed by atoms with van der Waals surface area (Å²) in [4.78, 5) is 22.5. The van der Waals surface area contributed by atoms with E-state index in [1.165, 1.54) is 11.8 Å². The number of hydrogen-bond donors (Lipinski definition) is 2. The van der Waals surface area contributed by atoms with Crippen LogP contribution in [0.2, 0.25) is 5.02 Å². The number of nitrogens with zero attached hydrogens (tertiary/aromatic N) is 3. The predicted octanol–water partition coefficient (Wildman–Crippen LogP) is 4.39. The minimum Gasteiger partial charge on any atom is -0.351 e. The second kappa shape index (κ2) is 9.77. The number of imide groups is 1. The van der Waals surface area contributed by atoms with Crippen LogP contribution in [0.15, 0.2) is 53.7 Å². The Balaban J connectivity index is 1.99. The summed E-state index contributed by atoms with van der Waals surface area (Å²) in [6.07, 6.45) is 0.128. The third-order valence-corrected chi connectivity index (χ3v) is 5.54. The first-order valence-electron chi connectivity index (χ1n) is 9.39. The number of rotatable bonds is 7. The van der Waals surface area contributed by atoms with Crippen molar-refractivity contribution in [3.05, 3.63) is 59.1 Å². The molecule has 0 aliphatic rings. The van der Waals surface area contributed by atoms with E-state index in [4.69, 9.17) is 17.3 Å². The number of carbonyl (C=O) groups excluding carboxylic acids is 2. The van der Waals surface area contributed by atoms with E-state index in [1.807, 2.05) is 47.0 Å². The zero-order chi connectivity index (χ0) is 21.7. The Morgan fingerprint density at radius 3 is 2.50 bits per heavy atom. The van der Waals surface area contributed by atoms with Crippen LogP contribution in [0.3, 0.4) is 0 Å². The molecular formula is C21H22ClN5O2S. The quantitative estimate of drug-likeness (QED) is 0.527. The molecule has 3 amide bonds. The van der Waals surface area contributed by atoms with Crippen LogP contribution in [0.25, 0.3) is 17.1 Å². The fourth-order valence-electron chi connectivity index (χ4n) is 2.98. The highest BCUT2D eigenvalue weighted by atomic mass is 35.5.